The highest BCUT2D eigenvalue weighted by Gasteiger charge is 2.33. The first-order valence-corrected chi connectivity index (χ1v) is 12.6. The van der Waals surface area contributed by atoms with Gasteiger partial charge in [-0.25, -0.2) is 9.59 Å². The molecule has 1 fully saturated rings. The number of para-hydroxylation sites is 1. The fourth-order valence-electron chi connectivity index (χ4n) is 3.84. The van der Waals surface area contributed by atoms with E-state index in [1.807, 2.05) is 60.7 Å². The van der Waals surface area contributed by atoms with Gasteiger partial charge in [-0.3, -0.25) is 14.4 Å². The number of benzene rings is 3. The van der Waals surface area contributed by atoms with E-state index >= 15 is 0 Å². The van der Waals surface area contributed by atoms with Gasteiger partial charge in [0.25, 0.3) is 11.8 Å². The zero-order valence-electron chi connectivity index (χ0n) is 21.9. The smallest absolute Gasteiger partial charge is 0.445 e. The van der Waals surface area contributed by atoms with Crippen LogP contribution in [0, 0.1) is 0 Å². The molecule has 1 aliphatic rings. The highest BCUT2D eigenvalue weighted by molar-refractivity contribution is 6.01. The summed E-state index contributed by atoms with van der Waals surface area (Å²) in [6.07, 6.45) is -1.28. The number of H-pyrrole nitrogens is 1. The van der Waals surface area contributed by atoms with Gasteiger partial charge < -0.3 is 19.4 Å². The minimum Gasteiger partial charge on any atom is -0.445 e. The van der Waals surface area contributed by atoms with Crippen LogP contribution in [-0.4, -0.2) is 46.1 Å². The number of aromatic amines is 1. The molecule has 0 bridgehead atoms. The molecule has 5 rings (SSSR count). The van der Waals surface area contributed by atoms with Crippen molar-refractivity contribution in [1.29, 1.82) is 0 Å². The van der Waals surface area contributed by atoms with Crippen molar-refractivity contribution < 1.29 is 33.5 Å². The lowest BCUT2D eigenvalue weighted by molar-refractivity contribution is -0.177. The molecule has 0 unspecified atom stereocenters. The Hall–Kier alpha value is -5.12. The van der Waals surface area contributed by atoms with Crippen molar-refractivity contribution >= 4 is 35.0 Å². The lowest BCUT2D eigenvalue weighted by atomic mass is 10.2. The van der Waals surface area contributed by atoms with Crippen LogP contribution in [0.25, 0.3) is 10.9 Å². The summed E-state index contributed by atoms with van der Waals surface area (Å²) in [4.78, 5) is 55.0. The Bertz CT molecular complexity index is 1400. The Morgan fingerprint density at radius 2 is 1.35 bits per heavy atom. The summed E-state index contributed by atoms with van der Waals surface area (Å²) in [6, 6.07) is 28.8. The fraction of sp³-hybridized carbons (Fsp3) is 0.200. The first-order valence-electron chi connectivity index (χ1n) is 12.6. The second-order valence-corrected chi connectivity index (χ2v) is 8.98. The van der Waals surface area contributed by atoms with Crippen LogP contribution in [0.2, 0.25) is 0 Å². The van der Waals surface area contributed by atoms with Gasteiger partial charge in [0, 0.05) is 31.1 Å². The minimum absolute atomic E-state index is 0.0237. The predicted octanol–water partition coefficient (Wildman–Crippen LogP) is 5.34. The Morgan fingerprint density at radius 3 is 1.95 bits per heavy atom. The molecule has 206 valence electrons. The zero-order valence-corrected chi connectivity index (χ0v) is 21.9. The summed E-state index contributed by atoms with van der Waals surface area (Å²) in [5.41, 5.74) is 3.83. The second-order valence-electron chi connectivity index (χ2n) is 8.98. The number of aromatic nitrogens is 1. The zero-order chi connectivity index (χ0) is 28.3. The molecule has 0 atom stereocenters. The van der Waals surface area contributed by atoms with Gasteiger partial charge in [-0.05, 0) is 28.6 Å². The first-order chi connectivity index (χ1) is 19.4. The Labute approximate surface area is 231 Å². The highest BCUT2D eigenvalue weighted by Crippen LogP contribution is 2.16. The van der Waals surface area contributed by atoms with E-state index in [0.29, 0.717) is 11.6 Å². The van der Waals surface area contributed by atoms with Crippen LogP contribution < -0.4 is 0 Å². The fourth-order valence-corrected chi connectivity index (χ4v) is 3.84. The maximum atomic E-state index is 12.0. The number of ether oxygens (including phenoxy) is 2. The van der Waals surface area contributed by atoms with Crippen LogP contribution in [-0.2, 0) is 43.7 Å². The monoisotopic (exact) mass is 543 g/mol. The van der Waals surface area contributed by atoms with Gasteiger partial charge in [-0.2, -0.15) is 0 Å². The summed E-state index contributed by atoms with van der Waals surface area (Å²) in [7, 11) is 1.73. The van der Waals surface area contributed by atoms with E-state index in [9.17, 15) is 19.2 Å². The van der Waals surface area contributed by atoms with Crippen LogP contribution in [0.1, 0.15) is 29.7 Å². The van der Waals surface area contributed by atoms with Crippen LogP contribution >= 0.6 is 0 Å². The van der Waals surface area contributed by atoms with Crippen LogP contribution in [0.5, 0.6) is 0 Å². The minimum atomic E-state index is -1.07. The quantitative estimate of drug-likeness (QED) is 0.247. The number of amides is 3. The van der Waals surface area contributed by atoms with Crippen molar-refractivity contribution in [3.63, 3.8) is 0 Å². The van der Waals surface area contributed by atoms with E-state index in [4.69, 9.17) is 9.47 Å². The van der Waals surface area contributed by atoms with E-state index < -0.39 is 18.0 Å². The molecule has 4 aromatic rings. The number of carbonyl (C=O) groups is 4. The van der Waals surface area contributed by atoms with Crippen molar-refractivity contribution in [1.82, 2.24) is 14.9 Å². The number of nitrogens with one attached hydrogen (secondary N) is 1. The normalized spacial score (nSPS) is 12.5. The van der Waals surface area contributed by atoms with Gasteiger partial charge in [0.15, 0.2) is 0 Å². The summed E-state index contributed by atoms with van der Waals surface area (Å²) in [5, 5.41) is 1.59. The van der Waals surface area contributed by atoms with Gasteiger partial charge >= 0.3 is 12.2 Å². The SMILES string of the molecule is CN(Cc1cc2ccccc2[nH]1)C(=O)OCc1ccccc1.O=C(OCc1ccccc1)ON1C(=O)CCC1=O. The van der Waals surface area contributed by atoms with Crippen molar-refractivity contribution in [3.8, 4) is 0 Å². The molecular weight excluding hydrogens is 514 g/mol. The van der Waals surface area contributed by atoms with Gasteiger partial charge in [-0.1, -0.05) is 83.9 Å². The number of rotatable bonds is 7. The van der Waals surface area contributed by atoms with Gasteiger partial charge in [0.2, 0.25) is 0 Å². The van der Waals surface area contributed by atoms with E-state index in [1.54, 1.807) is 36.2 Å². The number of carbonyl (C=O) groups excluding carboxylic acids is 4. The van der Waals surface area contributed by atoms with E-state index in [1.165, 1.54) is 0 Å². The molecule has 3 amide bonds. The highest BCUT2D eigenvalue weighted by atomic mass is 16.8. The number of imide groups is 1. The molecule has 10 heteroatoms. The molecule has 1 saturated heterocycles. The molecule has 0 saturated carbocycles. The number of hydroxylamine groups is 2. The summed E-state index contributed by atoms with van der Waals surface area (Å²) < 4.78 is 10.1. The summed E-state index contributed by atoms with van der Waals surface area (Å²) >= 11 is 0. The topological polar surface area (TPSA) is 118 Å². The third-order valence-electron chi connectivity index (χ3n) is 5.88. The second kappa shape index (κ2) is 13.6. The number of hydrogen-bond acceptors (Lipinski definition) is 7. The molecule has 1 N–H and O–H groups in total. The number of fused-ring (bicyclic) bond motifs is 1. The summed E-state index contributed by atoms with van der Waals surface area (Å²) in [6.45, 7) is 0.801. The maximum Gasteiger partial charge on any atom is 0.534 e. The number of hydrogen-bond donors (Lipinski definition) is 1. The van der Waals surface area contributed by atoms with E-state index in [2.05, 4.69) is 15.9 Å². The largest absolute Gasteiger partial charge is 0.534 e. The predicted molar refractivity (Wildman–Crippen MR) is 145 cm³/mol. The Morgan fingerprint density at radius 1 is 0.800 bits per heavy atom. The molecular formula is C30H29N3O7. The van der Waals surface area contributed by atoms with Crippen molar-refractivity contribution in [2.45, 2.75) is 32.6 Å². The number of nitrogens with zero attached hydrogens (tertiary/aromatic N) is 2. The average molecular weight is 544 g/mol. The molecule has 40 heavy (non-hydrogen) atoms. The lowest BCUT2D eigenvalue weighted by Crippen LogP contribution is -2.32. The molecule has 1 aliphatic heterocycles. The van der Waals surface area contributed by atoms with Gasteiger partial charge in [-0.15, -0.1) is 0 Å². The van der Waals surface area contributed by atoms with E-state index in [0.717, 1.165) is 27.7 Å². The van der Waals surface area contributed by atoms with Gasteiger partial charge in [0.05, 0.1) is 6.54 Å². The van der Waals surface area contributed by atoms with Crippen molar-refractivity contribution in [2.75, 3.05) is 7.05 Å². The third-order valence-corrected chi connectivity index (χ3v) is 5.88. The molecule has 0 radical (unpaired) electrons. The molecule has 0 spiro atoms. The Balaban J connectivity index is 0.000000189. The average Bonchev–Trinajstić information content (AvgIpc) is 3.53. The van der Waals surface area contributed by atoms with E-state index in [-0.39, 0.29) is 32.1 Å². The molecule has 0 aliphatic carbocycles. The third kappa shape index (κ3) is 7.94. The lowest BCUT2D eigenvalue weighted by Gasteiger charge is -2.16. The molecule has 10 nitrogen and oxygen atoms in total. The summed E-state index contributed by atoms with van der Waals surface area (Å²) in [5.74, 6) is -1.06. The maximum absolute atomic E-state index is 12.0. The Kier molecular flexibility index (Phi) is 9.49. The first kappa shape index (κ1) is 27.9. The van der Waals surface area contributed by atoms with Crippen LogP contribution in [0.4, 0.5) is 9.59 Å². The molecule has 3 aromatic carbocycles. The molecule has 1 aromatic heterocycles. The van der Waals surface area contributed by atoms with Gasteiger partial charge in [0.1, 0.15) is 13.2 Å². The van der Waals surface area contributed by atoms with Crippen molar-refractivity contribution in [3.05, 3.63) is 108 Å². The van der Waals surface area contributed by atoms with Crippen LogP contribution in [0.15, 0.2) is 91.0 Å². The molecule has 2 heterocycles. The standard InChI is InChI=1S/C18H18N2O2.C12H11NO5/c1-20(18(21)22-13-14-7-3-2-4-8-14)12-16-11-15-9-5-6-10-17(15)19-16;14-10-6-7-11(15)13(10)18-12(16)17-8-9-4-2-1-3-5-9/h2-11,19H,12-13H2,1H3;1-5H,6-8H2. The van der Waals surface area contributed by atoms with Crippen LogP contribution in [0.3, 0.4) is 0 Å². The van der Waals surface area contributed by atoms with Crippen molar-refractivity contribution in [2.24, 2.45) is 0 Å².